The van der Waals surface area contributed by atoms with Crippen molar-refractivity contribution in [2.75, 3.05) is 0 Å². The van der Waals surface area contributed by atoms with E-state index in [9.17, 15) is 18.0 Å². The summed E-state index contributed by atoms with van der Waals surface area (Å²) < 4.78 is 45.3. The van der Waals surface area contributed by atoms with E-state index in [1.807, 2.05) is 0 Å². The number of halogens is 3. The molecule has 2 heterocycles. The Hall–Kier alpha value is -3.30. The van der Waals surface area contributed by atoms with Gasteiger partial charge in [0.05, 0.1) is 12.8 Å². The second-order valence-electron chi connectivity index (χ2n) is 5.55. The highest BCUT2D eigenvalue weighted by molar-refractivity contribution is 5.76. The second-order valence-corrected chi connectivity index (χ2v) is 5.55. The minimum absolute atomic E-state index is 0.172. The lowest BCUT2D eigenvalue weighted by Gasteiger charge is -2.09. The van der Waals surface area contributed by atoms with Gasteiger partial charge in [-0.3, -0.25) is 9.89 Å². The fourth-order valence-electron chi connectivity index (χ4n) is 2.28. The van der Waals surface area contributed by atoms with Gasteiger partial charge in [-0.1, -0.05) is 12.1 Å². The summed E-state index contributed by atoms with van der Waals surface area (Å²) in [5.74, 6) is 0.866. The maximum atomic E-state index is 12.1. The number of aromatic amines is 1. The van der Waals surface area contributed by atoms with E-state index in [1.54, 1.807) is 12.1 Å². The first-order valence-corrected chi connectivity index (χ1v) is 7.95. The molecule has 0 saturated heterocycles. The summed E-state index contributed by atoms with van der Waals surface area (Å²) in [6.07, 6.45) is -2.65. The Balaban J connectivity index is 1.43. The molecule has 10 heteroatoms. The number of amides is 1. The lowest BCUT2D eigenvalue weighted by Crippen LogP contribution is -2.23. The van der Waals surface area contributed by atoms with E-state index in [1.165, 1.54) is 30.5 Å². The first kappa shape index (κ1) is 18.5. The van der Waals surface area contributed by atoms with Crippen LogP contribution in [-0.4, -0.2) is 27.5 Å². The summed E-state index contributed by atoms with van der Waals surface area (Å²) in [5.41, 5.74) is 0.722. The highest BCUT2D eigenvalue weighted by Gasteiger charge is 2.30. The number of carbonyl (C=O) groups excluding carboxylic acids is 1. The smallest absolute Gasteiger partial charge is 0.461 e. The summed E-state index contributed by atoms with van der Waals surface area (Å²) >= 11 is 0. The maximum Gasteiger partial charge on any atom is 0.573 e. The molecular formula is C17H15F3N4O3. The van der Waals surface area contributed by atoms with E-state index in [0.29, 0.717) is 23.8 Å². The predicted octanol–water partition coefficient (Wildman–Crippen LogP) is 3.21. The van der Waals surface area contributed by atoms with Crippen LogP contribution in [0.1, 0.15) is 17.8 Å². The fourth-order valence-corrected chi connectivity index (χ4v) is 2.28. The molecule has 2 aromatic heterocycles. The highest BCUT2D eigenvalue weighted by atomic mass is 19.4. The number of aryl methyl sites for hydroxylation is 1. The van der Waals surface area contributed by atoms with Gasteiger partial charge in [-0.2, -0.15) is 0 Å². The zero-order valence-corrected chi connectivity index (χ0v) is 13.9. The van der Waals surface area contributed by atoms with Crippen LogP contribution in [0.4, 0.5) is 13.2 Å². The first-order chi connectivity index (χ1) is 12.9. The predicted molar refractivity (Wildman–Crippen MR) is 87.4 cm³/mol. The zero-order valence-electron chi connectivity index (χ0n) is 13.9. The monoisotopic (exact) mass is 380 g/mol. The highest BCUT2D eigenvalue weighted by Crippen LogP contribution is 2.23. The standard InChI is InChI=1S/C17H15F3N4O3/c18-17(19,20)27-12-6-3-11(4-7-12)5-8-15(25)21-10-14-22-16(24-23-14)13-2-1-9-26-13/h1-4,6-7,9H,5,8,10H2,(H,21,25)(H,22,23,24). The van der Waals surface area contributed by atoms with Crippen LogP contribution in [-0.2, 0) is 17.8 Å². The van der Waals surface area contributed by atoms with Crippen molar-refractivity contribution in [1.29, 1.82) is 0 Å². The third-order valence-corrected chi connectivity index (χ3v) is 3.52. The molecule has 0 aliphatic heterocycles. The minimum Gasteiger partial charge on any atom is -0.461 e. The van der Waals surface area contributed by atoms with Crippen molar-refractivity contribution in [3.63, 3.8) is 0 Å². The Kier molecular flexibility index (Phi) is 5.43. The molecule has 3 aromatic rings. The average Bonchev–Trinajstić information content (AvgIpc) is 3.29. The van der Waals surface area contributed by atoms with Crippen LogP contribution >= 0.6 is 0 Å². The molecular weight excluding hydrogens is 365 g/mol. The van der Waals surface area contributed by atoms with Crippen LogP contribution < -0.4 is 10.1 Å². The van der Waals surface area contributed by atoms with Crippen LogP contribution in [0.3, 0.4) is 0 Å². The number of aromatic nitrogens is 3. The molecule has 2 N–H and O–H groups in total. The van der Waals surface area contributed by atoms with Crippen molar-refractivity contribution in [3.8, 4) is 17.3 Å². The molecule has 0 unspecified atom stereocenters. The Morgan fingerprint density at radius 3 is 2.67 bits per heavy atom. The summed E-state index contributed by atoms with van der Waals surface area (Å²) in [6, 6.07) is 8.84. The lowest BCUT2D eigenvalue weighted by molar-refractivity contribution is -0.274. The van der Waals surface area contributed by atoms with E-state index >= 15 is 0 Å². The van der Waals surface area contributed by atoms with Crippen LogP contribution in [0, 0.1) is 0 Å². The third kappa shape index (κ3) is 5.59. The molecule has 0 fully saturated rings. The summed E-state index contributed by atoms with van der Waals surface area (Å²) in [7, 11) is 0. The van der Waals surface area contributed by atoms with Crippen molar-refractivity contribution in [2.45, 2.75) is 25.7 Å². The number of furan rings is 1. The molecule has 0 spiro atoms. The average molecular weight is 380 g/mol. The summed E-state index contributed by atoms with van der Waals surface area (Å²) in [5, 5.41) is 9.39. The van der Waals surface area contributed by atoms with Gasteiger partial charge in [0.1, 0.15) is 11.6 Å². The van der Waals surface area contributed by atoms with Gasteiger partial charge in [-0.05, 0) is 36.2 Å². The van der Waals surface area contributed by atoms with Crippen molar-refractivity contribution in [1.82, 2.24) is 20.5 Å². The number of hydrogen-bond donors (Lipinski definition) is 2. The fraction of sp³-hybridized carbons (Fsp3) is 0.235. The molecule has 1 amide bonds. The van der Waals surface area contributed by atoms with Gasteiger partial charge < -0.3 is 14.5 Å². The molecule has 0 bridgehead atoms. The summed E-state index contributed by atoms with van der Waals surface area (Å²) in [6.45, 7) is 0.172. The number of H-pyrrole nitrogens is 1. The number of benzene rings is 1. The SMILES string of the molecule is O=C(CCc1ccc(OC(F)(F)F)cc1)NCc1nc(-c2ccco2)n[nH]1. The van der Waals surface area contributed by atoms with Gasteiger partial charge in [-0.15, -0.1) is 18.3 Å². The number of hydrogen-bond acceptors (Lipinski definition) is 5. The number of nitrogens with zero attached hydrogens (tertiary/aromatic N) is 2. The van der Waals surface area contributed by atoms with Gasteiger partial charge >= 0.3 is 6.36 Å². The topological polar surface area (TPSA) is 93.0 Å². The number of rotatable bonds is 7. The van der Waals surface area contributed by atoms with E-state index in [2.05, 4.69) is 25.2 Å². The molecule has 7 nitrogen and oxygen atoms in total. The third-order valence-electron chi connectivity index (χ3n) is 3.52. The second kappa shape index (κ2) is 7.94. The molecule has 0 aliphatic carbocycles. The van der Waals surface area contributed by atoms with Gasteiger partial charge in [0, 0.05) is 6.42 Å². The van der Waals surface area contributed by atoms with Crippen molar-refractivity contribution >= 4 is 5.91 Å². The Morgan fingerprint density at radius 2 is 2.00 bits per heavy atom. The number of nitrogens with one attached hydrogen (secondary N) is 2. The molecule has 0 saturated carbocycles. The number of ether oxygens (including phenoxy) is 1. The summed E-state index contributed by atoms with van der Waals surface area (Å²) in [4.78, 5) is 16.1. The maximum absolute atomic E-state index is 12.1. The normalized spacial score (nSPS) is 11.4. The quantitative estimate of drug-likeness (QED) is 0.657. The van der Waals surface area contributed by atoms with Gasteiger partial charge in [-0.25, -0.2) is 4.98 Å². The van der Waals surface area contributed by atoms with E-state index in [-0.39, 0.29) is 24.6 Å². The number of alkyl halides is 3. The van der Waals surface area contributed by atoms with E-state index in [0.717, 1.165) is 5.56 Å². The molecule has 0 atom stereocenters. The molecule has 142 valence electrons. The van der Waals surface area contributed by atoms with Crippen LogP contribution in [0.2, 0.25) is 0 Å². The molecule has 1 aromatic carbocycles. The van der Waals surface area contributed by atoms with Crippen LogP contribution in [0.25, 0.3) is 11.6 Å². The largest absolute Gasteiger partial charge is 0.573 e. The van der Waals surface area contributed by atoms with Crippen LogP contribution in [0.5, 0.6) is 5.75 Å². The van der Waals surface area contributed by atoms with Crippen molar-refractivity contribution in [2.24, 2.45) is 0 Å². The van der Waals surface area contributed by atoms with E-state index < -0.39 is 6.36 Å². The van der Waals surface area contributed by atoms with Crippen LogP contribution in [0.15, 0.2) is 47.1 Å². The molecule has 0 radical (unpaired) electrons. The minimum atomic E-state index is -4.72. The lowest BCUT2D eigenvalue weighted by atomic mass is 10.1. The Labute approximate surface area is 151 Å². The zero-order chi connectivity index (χ0) is 19.3. The number of carbonyl (C=O) groups is 1. The van der Waals surface area contributed by atoms with E-state index in [4.69, 9.17) is 4.42 Å². The van der Waals surface area contributed by atoms with Crippen molar-refractivity contribution < 1.29 is 27.1 Å². The Morgan fingerprint density at radius 1 is 1.22 bits per heavy atom. The van der Waals surface area contributed by atoms with Gasteiger partial charge in [0.15, 0.2) is 5.76 Å². The Bertz CT molecular complexity index is 874. The van der Waals surface area contributed by atoms with Gasteiger partial charge in [0.2, 0.25) is 11.7 Å². The molecule has 3 rings (SSSR count). The molecule has 27 heavy (non-hydrogen) atoms. The van der Waals surface area contributed by atoms with Gasteiger partial charge in [0.25, 0.3) is 0 Å². The molecule has 0 aliphatic rings. The first-order valence-electron chi connectivity index (χ1n) is 7.95. The van der Waals surface area contributed by atoms with Crippen molar-refractivity contribution in [3.05, 3.63) is 54.0 Å².